The molecule has 0 aliphatic carbocycles. The van der Waals surface area contributed by atoms with Gasteiger partial charge in [0.15, 0.2) is 0 Å². The van der Waals surface area contributed by atoms with Crippen LogP contribution in [0.5, 0.6) is 0 Å². The van der Waals surface area contributed by atoms with Crippen LogP contribution in [0.15, 0.2) is 24.4 Å². The first-order valence-corrected chi connectivity index (χ1v) is 7.76. The van der Waals surface area contributed by atoms with E-state index in [2.05, 4.69) is 22.6 Å². The minimum absolute atomic E-state index is 0.361. The topological polar surface area (TPSA) is 45.5 Å². The Morgan fingerprint density at radius 2 is 2.00 bits per heavy atom. The highest BCUT2D eigenvalue weighted by molar-refractivity contribution is 5.94. The van der Waals surface area contributed by atoms with E-state index in [1.165, 1.54) is 43.3 Å². The first kappa shape index (κ1) is 14.1. The normalized spacial score (nSPS) is 16.4. The van der Waals surface area contributed by atoms with E-state index in [4.69, 9.17) is 5.11 Å². The number of rotatable bonds is 4. The third kappa shape index (κ3) is 2.81. The van der Waals surface area contributed by atoms with Crippen LogP contribution in [-0.4, -0.2) is 33.6 Å². The van der Waals surface area contributed by atoms with Gasteiger partial charge in [-0.05, 0) is 50.6 Å². The van der Waals surface area contributed by atoms with Crippen LogP contribution < -0.4 is 0 Å². The number of aryl methyl sites for hydroxylation is 1. The number of carbonyl (C=O) groups is 1. The lowest BCUT2D eigenvalue weighted by Crippen LogP contribution is -2.28. The number of carboxylic acids is 1. The van der Waals surface area contributed by atoms with Crippen molar-refractivity contribution in [2.45, 2.75) is 39.3 Å². The molecule has 4 heteroatoms. The van der Waals surface area contributed by atoms with Crippen molar-refractivity contribution in [2.75, 3.05) is 13.1 Å². The molecule has 0 bridgehead atoms. The van der Waals surface area contributed by atoms with Crippen LogP contribution in [0.25, 0.3) is 10.9 Å². The molecule has 1 aromatic heterocycles. The van der Waals surface area contributed by atoms with Crippen molar-refractivity contribution in [3.05, 3.63) is 35.5 Å². The molecule has 2 aromatic rings. The average Bonchev–Trinajstić information content (AvgIpc) is 2.85. The zero-order chi connectivity index (χ0) is 14.8. The van der Waals surface area contributed by atoms with Crippen molar-refractivity contribution in [1.82, 2.24) is 9.47 Å². The van der Waals surface area contributed by atoms with Crippen molar-refractivity contribution in [1.29, 1.82) is 0 Å². The van der Waals surface area contributed by atoms with E-state index in [0.717, 1.165) is 18.6 Å². The number of fused-ring (bicyclic) bond motifs is 1. The first-order valence-electron chi connectivity index (χ1n) is 7.76. The molecule has 1 aromatic carbocycles. The molecule has 0 amide bonds. The molecule has 0 radical (unpaired) electrons. The fourth-order valence-electron chi connectivity index (χ4n) is 3.25. The van der Waals surface area contributed by atoms with Crippen LogP contribution in [0.4, 0.5) is 0 Å². The van der Waals surface area contributed by atoms with E-state index >= 15 is 0 Å². The zero-order valence-electron chi connectivity index (χ0n) is 12.5. The number of hydrogen-bond acceptors (Lipinski definition) is 2. The molecule has 1 saturated heterocycles. The summed E-state index contributed by atoms with van der Waals surface area (Å²) in [5.41, 5.74) is 2.70. The van der Waals surface area contributed by atoms with E-state index in [9.17, 15) is 4.79 Å². The van der Waals surface area contributed by atoms with E-state index < -0.39 is 5.97 Å². The molecule has 1 aliphatic rings. The SMILES string of the molecule is CCn1cc(CN2CCCCC2)c2ccc(C(=O)O)cc21. The third-order valence-corrected chi connectivity index (χ3v) is 4.40. The van der Waals surface area contributed by atoms with E-state index in [-0.39, 0.29) is 0 Å². The maximum Gasteiger partial charge on any atom is 0.335 e. The van der Waals surface area contributed by atoms with E-state index in [1.807, 2.05) is 6.07 Å². The van der Waals surface area contributed by atoms with Gasteiger partial charge in [0.25, 0.3) is 0 Å². The standard InChI is InChI=1S/C17H22N2O2/c1-2-19-12-14(11-18-8-4-3-5-9-18)15-7-6-13(17(20)21)10-16(15)19/h6-7,10,12H,2-5,8-9,11H2,1H3,(H,20,21). The van der Waals surface area contributed by atoms with Crippen molar-refractivity contribution in [2.24, 2.45) is 0 Å². The van der Waals surface area contributed by atoms with E-state index in [1.54, 1.807) is 12.1 Å². The fourth-order valence-corrected chi connectivity index (χ4v) is 3.25. The van der Waals surface area contributed by atoms with Crippen LogP contribution in [0.2, 0.25) is 0 Å². The molecular formula is C17H22N2O2. The highest BCUT2D eigenvalue weighted by atomic mass is 16.4. The Morgan fingerprint density at radius 3 is 2.67 bits per heavy atom. The van der Waals surface area contributed by atoms with Gasteiger partial charge in [-0.3, -0.25) is 4.90 Å². The van der Waals surface area contributed by atoms with Gasteiger partial charge in [0.1, 0.15) is 0 Å². The van der Waals surface area contributed by atoms with Crippen LogP contribution in [0.3, 0.4) is 0 Å². The second-order valence-corrected chi connectivity index (χ2v) is 5.81. The smallest absolute Gasteiger partial charge is 0.335 e. The van der Waals surface area contributed by atoms with Gasteiger partial charge in [0.2, 0.25) is 0 Å². The lowest BCUT2D eigenvalue weighted by molar-refractivity contribution is 0.0697. The number of aromatic nitrogens is 1. The number of likely N-dealkylation sites (tertiary alicyclic amines) is 1. The predicted octanol–water partition coefficient (Wildman–Crippen LogP) is 3.35. The number of carboxylic acid groups (broad SMARTS) is 1. The van der Waals surface area contributed by atoms with Gasteiger partial charge in [0.05, 0.1) is 5.56 Å². The third-order valence-electron chi connectivity index (χ3n) is 4.40. The van der Waals surface area contributed by atoms with Gasteiger partial charge in [-0.2, -0.15) is 0 Å². The molecular weight excluding hydrogens is 264 g/mol. The Hall–Kier alpha value is -1.81. The highest BCUT2D eigenvalue weighted by Gasteiger charge is 2.15. The Kier molecular flexibility index (Phi) is 3.97. The van der Waals surface area contributed by atoms with Gasteiger partial charge in [-0.1, -0.05) is 12.5 Å². The zero-order valence-corrected chi connectivity index (χ0v) is 12.5. The van der Waals surface area contributed by atoms with Crippen molar-refractivity contribution in [3.8, 4) is 0 Å². The maximum absolute atomic E-state index is 11.2. The fraction of sp³-hybridized carbons (Fsp3) is 0.471. The summed E-state index contributed by atoms with van der Waals surface area (Å²) >= 11 is 0. The Balaban J connectivity index is 1.96. The van der Waals surface area contributed by atoms with Crippen molar-refractivity contribution < 1.29 is 9.90 Å². The van der Waals surface area contributed by atoms with Crippen LogP contribution in [0, 0.1) is 0 Å². The predicted molar refractivity (Wildman–Crippen MR) is 83.7 cm³/mol. The van der Waals surface area contributed by atoms with Gasteiger partial charge >= 0.3 is 5.97 Å². The van der Waals surface area contributed by atoms with E-state index in [0.29, 0.717) is 5.56 Å². The number of hydrogen-bond donors (Lipinski definition) is 1. The monoisotopic (exact) mass is 286 g/mol. The second kappa shape index (κ2) is 5.90. The molecule has 0 unspecified atom stereocenters. The largest absolute Gasteiger partial charge is 0.478 e. The number of nitrogens with zero attached hydrogens (tertiary/aromatic N) is 2. The number of aromatic carboxylic acids is 1. The molecule has 21 heavy (non-hydrogen) atoms. The average molecular weight is 286 g/mol. The number of piperidine rings is 1. The Bertz CT molecular complexity index is 654. The summed E-state index contributed by atoms with van der Waals surface area (Å²) in [5.74, 6) is -0.863. The Morgan fingerprint density at radius 1 is 1.24 bits per heavy atom. The summed E-state index contributed by atoms with van der Waals surface area (Å²) in [7, 11) is 0. The van der Waals surface area contributed by atoms with Gasteiger partial charge < -0.3 is 9.67 Å². The summed E-state index contributed by atoms with van der Waals surface area (Å²) in [5, 5.41) is 10.3. The lowest BCUT2D eigenvalue weighted by atomic mass is 10.1. The molecule has 112 valence electrons. The minimum Gasteiger partial charge on any atom is -0.478 e. The van der Waals surface area contributed by atoms with Crippen LogP contribution in [0.1, 0.15) is 42.1 Å². The summed E-state index contributed by atoms with van der Waals surface area (Å²) in [6.07, 6.45) is 6.10. The molecule has 2 heterocycles. The molecule has 1 aliphatic heterocycles. The van der Waals surface area contributed by atoms with Crippen molar-refractivity contribution in [3.63, 3.8) is 0 Å². The summed E-state index contributed by atoms with van der Waals surface area (Å²) < 4.78 is 2.15. The molecule has 0 atom stereocenters. The van der Waals surface area contributed by atoms with Crippen LogP contribution >= 0.6 is 0 Å². The molecule has 3 rings (SSSR count). The van der Waals surface area contributed by atoms with Gasteiger partial charge in [-0.25, -0.2) is 4.79 Å². The van der Waals surface area contributed by atoms with Crippen LogP contribution in [-0.2, 0) is 13.1 Å². The molecule has 1 N–H and O–H groups in total. The van der Waals surface area contributed by atoms with Gasteiger partial charge in [0, 0.05) is 30.2 Å². The molecule has 4 nitrogen and oxygen atoms in total. The summed E-state index contributed by atoms with van der Waals surface area (Å²) in [6, 6.07) is 5.47. The second-order valence-electron chi connectivity index (χ2n) is 5.81. The maximum atomic E-state index is 11.2. The quantitative estimate of drug-likeness (QED) is 0.937. The Labute approximate surface area is 125 Å². The lowest BCUT2D eigenvalue weighted by Gasteiger charge is -2.26. The summed E-state index contributed by atoms with van der Waals surface area (Å²) in [6.45, 7) is 6.27. The molecule has 1 fully saturated rings. The van der Waals surface area contributed by atoms with Crippen molar-refractivity contribution >= 4 is 16.9 Å². The molecule has 0 spiro atoms. The molecule has 0 saturated carbocycles. The summed E-state index contributed by atoms with van der Waals surface area (Å²) in [4.78, 5) is 13.7. The first-order chi connectivity index (χ1) is 10.2. The minimum atomic E-state index is -0.863. The van der Waals surface area contributed by atoms with Gasteiger partial charge in [-0.15, -0.1) is 0 Å². The number of benzene rings is 1. The highest BCUT2D eigenvalue weighted by Crippen LogP contribution is 2.25.